The summed E-state index contributed by atoms with van der Waals surface area (Å²) in [6, 6.07) is 11.1. The average Bonchev–Trinajstić information content (AvgIpc) is 3.43. The fraction of sp³-hybridized carbons (Fsp3) is 0.150. The predicted molar refractivity (Wildman–Crippen MR) is 115 cm³/mol. The van der Waals surface area contributed by atoms with Crippen molar-refractivity contribution in [1.82, 2.24) is 4.57 Å². The number of hydrogen-bond donors (Lipinski definition) is 0. The zero-order valence-corrected chi connectivity index (χ0v) is 17.9. The molecule has 0 bridgehead atoms. The summed E-state index contributed by atoms with van der Waals surface area (Å²) in [6.07, 6.45) is 0. The Balaban J connectivity index is 1.67. The quantitative estimate of drug-likeness (QED) is 0.428. The van der Waals surface area contributed by atoms with E-state index in [4.69, 9.17) is 25.8 Å². The molecular formula is C20H13ClN2O5S2. The van der Waals surface area contributed by atoms with Crippen molar-refractivity contribution < 1.29 is 23.8 Å². The lowest BCUT2D eigenvalue weighted by atomic mass is 10.2. The number of methoxy groups -OCH3 is 1. The van der Waals surface area contributed by atoms with Gasteiger partial charge in [0.05, 0.1) is 22.3 Å². The van der Waals surface area contributed by atoms with E-state index in [1.165, 1.54) is 29.8 Å². The summed E-state index contributed by atoms with van der Waals surface area (Å²) < 4.78 is 19.0. The Bertz CT molecular complexity index is 1400. The van der Waals surface area contributed by atoms with Gasteiger partial charge >= 0.3 is 5.97 Å². The Labute approximate surface area is 182 Å². The van der Waals surface area contributed by atoms with Crippen molar-refractivity contribution >= 4 is 66.5 Å². The van der Waals surface area contributed by atoms with Gasteiger partial charge in [-0.05, 0) is 6.07 Å². The molecule has 3 heterocycles. The zero-order chi connectivity index (χ0) is 20.8. The molecule has 30 heavy (non-hydrogen) atoms. The molecule has 2 aromatic carbocycles. The van der Waals surface area contributed by atoms with Crippen LogP contribution in [0.15, 0.2) is 41.4 Å². The molecule has 0 aliphatic carbocycles. The van der Waals surface area contributed by atoms with Crippen molar-refractivity contribution in [3.63, 3.8) is 0 Å². The molecule has 2 aromatic heterocycles. The maximum Gasteiger partial charge on any atom is 0.325 e. The van der Waals surface area contributed by atoms with Crippen LogP contribution >= 0.6 is 34.3 Å². The average molecular weight is 461 g/mol. The lowest BCUT2D eigenvalue weighted by molar-refractivity contribution is -0.141. The van der Waals surface area contributed by atoms with Crippen molar-refractivity contribution in [2.45, 2.75) is 6.54 Å². The number of halogens is 1. The van der Waals surface area contributed by atoms with Crippen molar-refractivity contribution in [2.24, 2.45) is 4.99 Å². The number of thiophene rings is 1. The van der Waals surface area contributed by atoms with E-state index in [0.29, 0.717) is 31.7 Å². The minimum absolute atomic E-state index is 0.0948. The van der Waals surface area contributed by atoms with Crippen molar-refractivity contribution in [3.8, 4) is 11.5 Å². The number of esters is 1. The summed E-state index contributed by atoms with van der Waals surface area (Å²) in [4.78, 5) is 30.0. The Morgan fingerprint density at radius 2 is 1.93 bits per heavy atom. The molecule has 0 spiro atoms. The number of amides is 1. The number of rotatable bonds is 3. The van der Waals surface area contributed by atoms with Crippen molar-refractivity contribution in [1.29, 1.82) is 0 Å². The van der Waals surface area contributed by atoms with Gasteiger partial charge in [0.15, 0.2) is 16.3 Å². The third-order valence-electron chi connectivity index (χ3n) is 4.62. The number of benzene rings is 2. The number of thiazole rings is 1. The molecule has 152 valence electrons. The summed E-state index contributed by atoms with van der Waals surface area (Å²) in [5.74, 6) is 0.260. The third kappa shape index (κ3) is 3.15. The highest BCUT2D eigenvalue weighted by Gasteiger charge is 2.21. The van der Waals surface area contributed by atoms with Gasteiger partial charge in [-0.15, -0.1) is 11.3 Å². The van der Waals surface area contributed by atoms with Crippen molar-refractivity contribution in [3.05, 3.63) is 51.1 Å². The standard InChI is InChI=1S/C20H13ClN2O5S2/c1-26-16(24)8-23-11-6-12-13(28-9-27-12)7-15(11)30-20(23)22-19(25)18-17(21)10-4-2-3-5-14(10)29-18/h2-7H,8-9H2,1H3. The zero-order valence-electron chi connectivity index (χ0n) is 15.5. The van der Waals surface area contributed by atoms with Gasteiger partial charge in [0.2, 0.25) is 6.79 Å². The minimum Gasteiger partial charge on any atom is -0.468 e. The first-order chi connectivity index (χ1) is 14.5. The first-order valence-corrected chi connectivity index (χ1v) is 10.8. The van der Waals surface area contributed by atoms with E-state index >= 15 is 0 Å². The fourth-order valence-electron chi connectivity index (χ4n) is 3.18. The number of nitrogens with zero attached hydrogens (tertiary/aromatic N) is 2. The second kappa shape index (κ2) is 7.42. The highest BCUT2D eigenvalue weighted by Crippen LogP contribution is 2.38. The molecule has 0 unspecified atom stereocenters. The minimum atomic E-state index is -0.466. The van der Waals surface area contributed by atoms with E-state index in [-0.39, 0.29) is 13.3 Å². The smallest absolute Gasteiger partial charge is 0.325 e. The molecule has 1 aliphatic heterocycles. The molecule has 0 saturated heterocycles. The van der Waals surface area contributed by atoms with Crippen molar-refractivity contribution in [2.75, 3.05) is 13.9 Å². The van der Waals surface area contributed by atoms with Crippen LogP contribution in [0.3, 0.4) is 0 Å². The second-order valence-corrected chi connectivity index (χ2v) is 8.82. The molecule has 0 saturated carbocycles. The molecular weight excluding hydrogens is 448 g/mol. The van der Waals surface area contributed by atoms with E-state index in [2.05, 4.69) is 4.99 Å². The summed E-state index contributed by atoms with van der Waals surface area (Å²) in [5, 5.41) is 1.19. The molecule has 0 fully saturated rings. The largest absolute Gasteiger partial charge is 0.468 e. The SMILES string of the molecule is COC(=O)Cn1c(=NC(=O)c2sc3ccccc3c2Cl)sc2cc3c(cc21)OCO3. The van der Waals surface area contributed by atoms with E-state index in [0.717, 1.165) is 14.8 Å². The molecule has 1 amide bonds. The van der Waals surface area contributed by atoms with Gasteiger partial charge in [0.25, 0.3) is 5.91 Å². The number of ether oxygens (including phenoxy) is 3. The van der Waals surface area contributed by atoms with E-state index in [1.807, 2.05) is 30.3 Å². The Hall–Kier alpha value is -2.88. The molecule has 1 aliphatic rings. The van der Waals surface area contributed by atoms with E-state index in [9.17, 15) is 9.59 Å². The molecule has 4 aromatic rings. The third-order valence-corrected chi connectivity index (χ3v) is 7.32. The van der Waals surface area contributed by atoms with Gasteiger partial charge in [-0.1, -0.05) is 41.1 Å². The molecule has 10 heteroatoms. The normalized spacial score (nSPS) is 13.3. The summed E-state index contributed by atoms with van der Waals surface area (Å²) in [5.41, 5.74) is 0.698. The Morgan fingerprint density at radius 3 is 2.70 bits per heavy atom. The molecule has 0 N–H and O–H groups in total. The van der Waals surface area contributed by atoms with Crippen LogP contribution in [0.5, 0.6) is 11.5 Å². The summed E-state index contributed by atoms with van der Waals surface area (Å²) >= 11 is 8.99. The van der Waals surface area contributed by atoms with Gasteiger partial charge in [0, 0.05) is 22.2 Å². The number of carbonyl (C=O) groups excluding carboxylic acids is 2. The van der Waals surface area contributed by atoms with Crippen LogP contribution in [0.4, 0.5) is 0 Å². The van der Waals surface area contributed by atoms with E-state index in [1.54, 1.807) is 10.6 Å². The van der Waals surface area contributed by atoms with Crippen LogP contribution in [0.25, 0.3) is 20.3 Å². The van der Waals surface area contributed by atoms with Crippen LogP contribution in [0.1, 0.15) is 9.67 Å². The monoisotopic (exact) mass is 460 g/mol. The maximum atomic E-state index is 13.0. The molecule has 0 atom stereocenters. The lowest BCUT2D eigenvalue weighted by Crippen LogP contribution is -2.22. The van der Waals surface area contributed by atoms with E-state index < -0.39 is 11.9 Å². The van der Waals surface area contributed by atoms with Gasteiger partial charge in [0.1, 0.15) is 11.4 Å². The topological polar surface area (TPSA) is 79.1 Å². The summed E-state index contributed by atoms with van der Waals surface area (Å²) in [6.45, 7) is 0.0478. The predicted octanol–water partition coefficient (Wildman–Crippen LogP) is 4.21. The van der Waals surface area contributed by atoms with Crippen LogP contribution in [0, 0.1) is 0 Å². The summed E-state index contributed by atoms with van der Waals surface area (Å²) in [7, 11) is 1.31. The maximum absolute atomic E-state index is 13.0. The lowest BCUT2D eigenvalue weighted by Gasteiger charge is -2.04. The second-order valence-electron chi connectivity index (χ2n) is 6.38. The Kier molecular flexibility index (Phi) is 4.73. The highest BCUT2D eigenvalue weighted by molar-refractivity contribution is 7.21. The van der Waals surface area contributed by atoms with Crippen LogP contribution in [-0.4, -0.2) is 30.3 Å². The van der Waals surface area contributed by atoms with Crippen LogP contribution < -0.4 is 14.3 Å². The highest BCUT2D eigenvalue weighted by atomic mass is 35.5. The first-order valence-electron chi connectivity index (χ1n) is 8.81. The fourth-order valence-corrected chi connectivity index (χ4v) is 5.62. The number of fused-ring (bicyclic) bond motifs is 3. The number of hydrogen-bond acceptors (Lipinski definition) is 7. The van der Waals surface area contributed by atoms with Gasteiger partial charge in [-0.25, -0.2) is 0 Å². The molecule has 0 radical (unpaired) electrons. The Morgan fingerprint density at radius 1 is 1.17 bits per heavy atom. The first kappa shape index (κ1) is 19.1. The molecule has 7 nitrogen and oxygen atoms in total. The number of aromatic nitrogens is 1. The molecule has 5 rings (SSSR count). The van der Waals surface area contributed by atoms with Gasteiger partial charge < -0.3 is 18.8 Å². The number of carbonyl (C=O) groups is 2. The van der Waals surface area contributed by atoms with Gasteiger partial charge in [-0.2, -0.15) is 4.99 Å². The van der Waals surface area contributed by atoms with Crippen LogP contribution in [0.2, 0.25) is 5.02 Å². The van der Waals surface area contributed by atoms with Gasteiger partial charge in [-0.3, -0.25) is 9.59 Å². The van der Waals surface area contributed by atoms with Crippen LogP contribution in [-0.2, 0) is 16.1 Å².